The molecule has 2 amide bonds. The lowest BCUT2D eigenvalue weighted by Gasteiger charge is -2.28. The molecule has 1 fully saturated rings. The number of rotatable bonds is 5. The first-order valence-corrected chi connectivity index (χ1v) is 7.68. The van der Waals surface area contributed by atoms with Gasteiger partial charge in [-0.2, -0.15) is 0 Å². The summed E-state index contributed by atoms with van der Waals surface area (Å²) in [5.41, 5.74) is 2.08. The minimum absolute atomic E-state index is 0.0174. The van der Waals surface area contributed by atoms with E-state index in [0.29, 0.717) is 19.0 Å². The fourth-order valence-corrected chi connectivity index (χ4v) is 2.63. The summed E-state index contributed by atoms with van der Waals surface area (Å²) in [5.74, 6) is 0.167. The zero-order valence-electron chi connectivity index (χ0n) is 13.4. The number of carbonyl (C=O) groups excluding carboxylic acids is 2. The van der Waals surface area contributed by atoms with Crippen LogP contribution in [0.2, 0.25) is 0 Å². The Morgan fingerprint density at radius 1 is 1.50 bits per heavy atom. The molecule has 0 bridgehead atoms. The van der Waals surface area contributed by atoms with Crippen LogP contribution in [0.3, 0.4) is 0 Å². The molecule has 1 atom stereocenters. The maximum absolute atomic E-state index is 12.2. The van der Waals surface area contributed by atoms with Gasteiger partial charge in [-0.05, 0) is 24.5 Å². The topological polar surface area (TPSA) is 74.3 Å². The highest BCUT2D eigenvalue weighted by Crippen LogP contribution is 2.22. The minimum Gasteiger partial charge on any atom is -0.353 e. The van der Waals surface area contributed by atoms with Crippen molar-refractivity contribution in [3.8, 4) is 0 Å². The molecule has 6 heteroatoms. The van der Waals surface area contributed by atoms with Crippen LogP contribution in [0.15, 0.2) is 18.3 Å². The molecule has 1 aliphatic rings. The molecule has 0 spiro atoms. The van der Waals surface area contributed by atoms with Crippen LogP contribution in [-0.2, 0) is 9.59 Å². The highest BCUT2D eigenvalue weighted by Gasteiger charge is 2.24. The molecule has 1 saturated heterocycles. The molecule has 0 radical (unpaired) electrons. The van der Waals surface area contributed by atoms with Gasteiger partial charge in [-0.3, -0.25) is 19.9 Å². The van der Waals surface area contributed by atoms with Gasteiger partial charge in [-0.1, -0.05) is 19.9 Å². The van der Waals surface area contributed by atoms with Gasteiger partial charge in [0.1, 0.15) is 0 Å². The van der Waals surface area contributed by atoms with Crippen molar-refractivity contribution in [3.63, 3.8) is 0 Å². The van der Waals surface area contributed by atoms with E-state index in [9.17, 15) is 9.59 Å². The van der Waals surface area contributed by atoms with E-state index in [4.69, 9.17) is 0 Å². The van der Waals surface area contributed by atoms with Gasteiger partial charge in [0.25, 0.3) is 0 Å². The molecule has 22 heavy (non-hydrogen) atoms. The molecule has 0 saturated carbocycles. The number of nitrogens with one attached hydrogen (secondary N) is 2. The van der Waals surface area contributed by atoms with E-state index < -0.39 is 0 Å². The summed E-state index contributed by atoms with van der Waals surface area (Å²) in [5, 5.41) is 6.02. The third-order valence-corrected chi connectivity index (χ3v) is 3.88. The summed E-state index contributed by atoms with van der Waals surface area (Å²) in [4.78, 5) is 29.6. The zero-order valence-corrected chi connectivity index (χ0v) is 13.4. The number of hydrogen-bond acceptors (Lipinski definition) is 4. The molecule has 1 aromatic heterocycles. The summed E-state index contributed by atoms with van der Waals surface area (Å²) in [6.45, 7) is 7.69. The Hall–Kier alpha value is -1.95. The van der Waals surface area contributed by atoms with Crippen molar-refractivity contribution in [2.75, 3.05) is 26.2 Å². The predicted molar refractivity (Wildman–Crippen MR) is 84.1 cm³/mol. The van der Waals surface area contributed by atoms with E-state index in [1.165, 1.54) is 0 Å². The first kappa shape index (κ1) is 16.4. The van der Waals surface area contributed by atoms with Gasteiger partial charge in [0, 0.05) is 19.3 Å². The molecular formula is C16H24N4O2. The van der Waals surface area contributed by atoms with Gasteiger partial charge in [-0.25, -0.2) is 0 Å². The third-order valence-electron chi connectivity index (χ3n) is 3.88. The molecule has 0 unspecified atom stereocenters. The van der Waals surface area contributed by atoms with Crippen molar-refractivity contribution in [3.05, 3.63) is 29.6 Å². The number of hydrogen-bond donors (Lipinski definition) is 2. The number of aromatic nitrogens is 1. The lowest BCUT2D eigenvalue weighted by Crippen LogP contribution is -2.52. The Labute approximate surface area is 131 Å². The second kappa shape index (κ2) is 7.35. The van der Waals surface area contributed by atoms with E-state index >= 15 is 0 Å². The summed E-state index contributed by atoms with van der Waals surface area (Å²) in [6.07, 6.45) is 1.77. The molecule has 0 aliphatic carbocycles. The second-order valence-corrected chi connectivity index (χ2v) is 5.97. The maximum atomic E-state index is 12.2. The molecule has 1 aliphatic heterocycles. The van der Waals surface area contributed by atoms with Crippen molar-refractivity contribution in [1.29, 1.82) is 0 Å². The van der Waals surface area contributed by atoms with Crippen molar-refractivity contribution in [1.82, 2.24) is 20.5 Å². The van der Waals surface area contributed by atoms with Crippen LogP contribution in [0.5, 0.6) is 0 Å². The first-order valence-electron chi connectivity index (χ1n) is 7.68. The normalized spacial score (nSPS) is 16.5. The number of carbonyl (C=O) groups is 2. The van der Waals surface area contributed by atoms with Crippen LogP contribution in [-0.4, -0.2) is 47.9 Å². The Morgan fingerprint density at radius 2 is 2.27 bits per heavy atom. The fraction of sp³-hybridized carbons (Fsp3) is 0.562. The van der Waals surface area contributed by atoms with Gasteiger partial charge in [-0.15, -0.1) is 0 Å². The van der Waals surface area contributed by atoms with Crippen LogP contribution < -0.4 is 10.6 Å². The average Bonchev–Trinajstić information content (AvgIpc) is 2.48. The standard InChI is InChI=1S/C16H24N4O2/c1-11(2)15(16-12(3)5-4-6-18-16)19-9-14(22)20-8-7-17-13(21)10-20/h4-6,11,15,19H,7-10H2,1-3H3,(H,17,21)/t15-/m1/s1. The van der Waals surface area contributed by atoms with E-state index in [1.54, 1.807) is 11.1 Å². The Kier molecular flexibility index (Phi) is 5.49. The molecule has 2 heterocycles. The van der Waals surface area contributed by atoms with Crippen molar-refractivity contribution >= 4 is 11.8 Å². The van der Waals surface area contributed by atoms with Gasteiger partial charge in [0.15, 0.2) is 0 Å². The smallest absolute Gasteiger partial charge is 0.239 e. The first-order chi connectivity index (χ1) is 10.5. The average molecular weight is 304 g/mol. The molecule has 1 aromatic rings. The van der Waals surface area contributed by atoms with E-state index in [0.717, 1.165) is 11.3 Å². The molecule has 2 N–H and O–H groups in total. The molecule has 120 valence electrons. The quantitative estimate of drug-likeness (QED) is 0.837. The molecule has 0 aromatic carbocycles. The lowest BCUT2D eigenvalue weighted by molar-refractivity contribution is -0.137. The van der Waals surface area contributed by atoms with Crippen molar-refractivity contribution < 1.29 is 9.59 Å². The number of nitrogens with zero attached hydrogens (tertiary/aromatic N) is 2. The number of pyridine rings is 1. The van der Waals surface area contributed by atoms with Gasteiger partial charge >= 0.3 is 0 Å². The maximum Gasteiger partial charge on any atom is 0.239 e. The summed E-state index contributed by atoms with van der Waals surface area (Å²) in [7, 11) is 0. The van der Waals surface area contributed by atoms with Crippen LogP contribution >= 0.6 is 0 Å². The van der Waals surface area contributed by atoms with Crippen molar-refractivity contribution in [2.45, 2.75) is 26.8 Å². The van der Waals surface area contributed by atoms with E-state index in [-0.39, 0.29) is 30.9 Å². The second-order valence-electron chi connectivity index (χ2n) is 5.97. The van der Waals surface area contributed by atoms with Crippen LogP contribution in [0.25, 0.3) is 0 Å². The number of amides is 2. The SMILES string of the molecule is Cc1cccnc1[C@H](NCC(=O)N1CCNC(=O)C1)C(C)C. The Bertz CT molecular complexity index is 545. The van der Waals surface area contributed by atoms with Crippen LogP contribution in [0, 0.1) is 12.8 Å². The molecular weight excluding hydrogens is 280 g/mol. The van der Waals surface area contributed by atoms with E-state index in [1.807, 2.05) is 19.1 Å². The van der Waals surface area contributed by atoms with Gasteiger partial charge in [0.05, 0.1) is 24.8 Å². The van der Waals surface area contributed by atoms with Gasteiger partial charge < -0.3 is 10.2 Å². The van der Waals surface area contributed by atoms with Gasteiger partial charge in [0.2, 0.25) is 11.8 Å². The summed E-state index contributed by atoms with van der Waals surface area (Å²) < 4.78 is 0. The van der Waals surface area contributed by atoms with Crippen molar-refractivity contribution in [2.24, 2.45) is 5.92 Å². The molecule has 6 nitrogen and oxygen atoms in total. The summed E-state index contributed by atoms with van der Waals surface area (Å²) >= 11 is 0. The minimum atomic E-state index is -0.0967. The van der Waals surface area contributed by atoms with Crippen LogP contribution in [0.4, 0.5) is 0 Å². The number of aryl methyl sites for hydroxylation is 1. The highest BCUT2D eigenvalue weighted by atomic mass is 16.2. The highest BCUT2D eigenvalue weighted by molar-refractivity contribution is 5.86. The lowest BCUT2D eigenvalue weighted by atomic mass is 9.97. The largest absolute Gasteiger partial charge is 0.353 e. The monoisotopic (exact) mass is 304 g/mol. The van der Waals surface area contributed by atoms with Crippen LogP contribution in [0.1, 0.15) is 31.1 Å². The van der Waals surface area contributed by atoms with E-state index in [2.05, 4.69) is 29.5 Å². The number of piperazine rings is 1. The zero-order chi connectivity index (χ0) is 16.1. The Morgan fingerprint density at radius 3 is 2.91 bits per heavy atom. The predicted octanol–water partition coefficient (Wildman–Crippen LogP) is 0.635. The summed E-state index contributed by atoms with van der Waals surface area (Å²) in [6, 6.07) is 3.95. The fourth-order valence-electron chi connectivity index (χ4n) is 2.63. The third kappa shape index (κ3) is 4.04. The molecule has 2 rings (SSSR count). The Balaban J connectivity index is 1.99.